The second kappa shape index (κ2) is 6.25. The number of hydrazine groups is 1. The maximum atomic E-state index is 12.5. The van der Waals surface area contributed by atoms with Crippen LogP contribution in [0.1, 0.15) is 18.1 Å². The molecule has 0 unspecified atom stereocenters. The van der Waals surface area contributed by atoms with Gasteiger partial charge in [-0.05, 0) is 24.6 Å². The lowest BCUT2D eigenvalue weighted by molar-refractivity contribution is -0.137. The van der Waals surface area contributed by atoms with Gasteiger partial charge in [0.15, 0.2) is 0 Å². The van der Waals surface area contributed by atoms with E-state index in [1.165, 1.54) is 6.07 Å². The van der Waals surface area contributed by atoms with Gasteiger partial charge in [0.25, 0.3) is 0 Å². The molecule has 0 saturated carbocycles. The lowest BCUT2D eigenvalue weighted by Crippen LogP contribution is -2.41. The van der Waals surface area contributed by atoms with Gasteiger partial charge in [0, 0.05) is 6.54 Å². The monoisotopic (exact) mass is 260 g/mol. The van der Waals surface area contributed by atoms with E-state index in [9.17, 15) is 13.2 Å². The molecule has 7 heteroatoms. The minimum atomic E-state index is -4.34. The van der Waals surface area contributed by atoms with Crippen molar-refractivity contribution in [2.24, 2.45) is 10.8 Å². The maximum absolute atomic E-state index is 12.5. The predicted molar refractivity (Wildman–Crippen MR) is 63.6 cm³/mol. The molecule has 0 amide bonds. The van der Waals surface area contributed by atoms with Crippen LogP contribution < -0.4 is 16.6 Å². The van der Waals surface area contributed by atoms with Crippen LogP contribution in [-0.4, -0.2) is 12.5 Å². The molecule has 0 aliphatic rings. The molecule has 0 atom stereocenters. The van der Waals surface area contributed by atoms with Crippen LogP contribution in [0.5, 0.6) is 0 Å². The van der Waals surface area contributed by atoms with Crippen molar-refractivity contribution >= 4 is 5.96 Å². The van der Waals surface area contributed by atoms with Crippen LogP contribution in [0.25, 0.3) is 0 Å². The minimum Gasteiger partial charge on any atom is -0.356 e. The van der Waals surface area contributed by atoms with E-state index >= 15 is 0 Å². The molecule has 18 heavy (non-hydrogen) atoms. The molecule has 0 saturated heterocycles. The molecule has 1 aromatic carbocycles. The van der Waals surface area contributed by atoms with Crippen LogP contribution in [0.2, 0.25) is 0 Å². The molecule has 4 N–H and O–H groups in total. The molecular formula is C11H15F3N4. The lowest BCUT2D eigenvalue weighted by Gasteiger charge is -2.09. The molecule has 0 fully saturated rings. The van der Waals surface area contributed by atoms with Gasteiger partial charge in [-0.3, -0.25) is 5.43 Å². The first-order valence-electron chi connectivity index (χ1n) is 5.38. The summed E-state index contributed by atoms with van der Waals surface area (Å²) in [6.45, 7) is 2.60. The number of benzene rings is 1. The van der Waals surface area contributed by atoms with Crippen molar-refractivity contribution in [3.8, 4) is 0 Å². The van der Waals surface area contributed by atoms with Crippen molar-refractivity contribution in [1.29, 1.82) is 0 Å². The normalized spacial score (nSPS) is 12.4. The van der Waals surface area contributed by atoms with Gasteiger partial charge in [-0.25, -0.2) is 10.8 Å². The van der Waals surface area contributed by atoms with E-state index in [4.69, 9.17) is 5.84 Å². The van der Waals surface area contributed by atoms with E-state index in [0.29, 0.717) is 18.1 Å². The number of aliphatic imine (C=N–C) groups is 1. The Balaban J connectivity index is 2.79. The summed E-state index contributed by atoms with van der Waals surface area (Å²) < 4.78 is 37.4. The molecule has 0 aromatic heterocycles. The Bertz CT molecular complexity index is 415. The highest BCUT2D eigenvalue weighted by molar-refractivity contribution is 5.79. The van der Waals surface area contributed by atoms with Gasteiger partial charge in [-0.2, -0.15) is 13.2 Å². The summed E-state index contributed by atoms with van der Waals surface area (Å²) in [5.74, 6) is 5.54. The summed E-state index contributed by atoms with van der Waals surface area (Å²) >= 11 is 0. The average molecular weight is 260 g/mol. The maximum Gasteiger partial charge on any atom is 0.416 e. The summed E-state index contributed by atoms with van der Waals surface area (Å²) in [4.78, 5) is 4.03. The minimum absolute atomic E-state index is 0.121. The number of hydrogen-bond donors (Lipinski definition) is 3. The highest BCUT2D eigenvalue weighted by Crippen LogP contribution is 2.29. The predicted octanol–water partition coefficient (Wildman–Crippen LogP) is 1.63. The van der Waals surface area contributed by atoms with Crippen LogP contribution in [0.15, 0.2) is 29.3 Å². The summed E-state index contributed by atoms with van der Waals surface area (Å²) in [5, 5.41) is 2.84. The Morgan fingerprint density at radius 3 is 2.67 bits per heavy atom. The number of nitrogens with zero attached hydrogens (tertiary/aromatic N) is 1. The molecular weight excluding hydrogens is 245 g/mol. The molecule has 0 aliphatic carbocycles. The van der Waals surface area contributed by atoms with E-state index < -0.39 is 11.7 Å². The van der Waals surface area contributed by atoms with Gasteiger partial charge in [0.05, 0.1) is 12.1 Å². The van der Waals surface area contributed by atoms with Crippen molar-refractivity contribution in [2.45, 2.75) is 19.6 Å². The fourth-order valence-corrected chi connectivity index (χ4v) is 1.34. The molecule has 0 heterocycles. The highest BCUT2D eigenvalue weighted by atomic mass is 19.4. The third-order valence-corrected chi connectivity index (χ3v) is 2.15. The second-order valence-corrected chi connectivity index (χ2v) is 3.54. The van der Waals surface area contributed by atoms with E-state index in [1.54, 1.807) is 6.07 Å². The van der Waals surface area contributed by atoms with Crippen LogP contribution in [0, 0.1) is 0 Å². The van der Waals surface area contributed by atoms with E-state index in [-0.39, 0.29) is 6.54 Å². The van der Waals surface area contributed by atoms with Crippen molar-refractivity contribution in [3.63, 3.8) is 0 Å². The number of hydrogen-bond acceptors (Lipinski definition) is 2. The van der Waals surface area contributed by atoms with Gasteiger partial charge in [0.2, 0.25) is 5.96 Å². The SMILES string of the molecule is CCNC(=NCc1cccc(C(F)(F)F)c1)NN. The van der Waals surface area contributed by atoms with Crippen LogP contribution in [-0.2, 0) is 12.7 Å². The topological polar surface area (TPSA) is 62.4 Å². The molecule has 1 aromatic rings. The average Bonchev–Trinajstić information content (AvgIpc) is 2.34. The standard InChI is InChI=1S/C11H15F3N4/c1-2-16-10(18-15)17-7-8-4-3-5-9(6-8)11(12,13)14/h3-6H,2,7,15H2,1H3,(H2,16,17,18). The zero-order valence-corrected chi connectivity index (χ0v) is 9.88. The lowest BCUT2D eigenvalue weighted by atomic mass is 10.1. The molecule has 0 radical (unpaired) electrons. The first-order valence-corrected chi connectivity index (χ1v) is 5.38. The van der Waals surface area contributed by atoms with Gasteiger partial charge < -0.3 is 5.32 Å². The first kappa shape index (κ1) is 14.3. The Kier molecular flexibility index (Phi) is 4.96. The number of halogens is 3. The highest BCUT2D eigenvalue weighted by Gasteiger charge is 2.30. The fraction of sp³-hybridized carbons (Fsp3) is 0.364. The van der Waals surface area contributed by atoms with Gasteiger partial charge in [0.1, 0.15) is 0 Å². The van der Waals surface area contributed by atoms with E-state index in [0.717, 1.165) is 12.1 Å². The number of rotatable bonds is 3. The summed E-state index contributed by atoms with van der Waals surface area (Å²) in [5.41, 5.74) is 2.12. The Labute approximate surface area is 103 Å². The van der Waals surface area contributed by atoms with Gasteiger partial charge in [-0.15, -0.1) is 0 Å². The Hall–Kier alpha value is -1.76. The van der Waals surface area contributed by atoms with E-state index in [1.807, 2.05) is 6.92 Å². The van der Waals surface area contributed by atoms with Crippen molar-refractivity contribution in [1.82, 2.24) is 10.7 Å². The largest absolute Gasteiger partial charge is 0.416 e. The van der Waals surface area contributed by atoms with Crippen molar-refractivity contribution in [2.75, 3.05) is 6.54 Å². The number of nitrogens with one attached hydrogen (secondary N) is 2. The third kappa shape index (κ3) is 4.25. The quantitative estimate of drug-likeness (QED) is 0.335. The molecule has 0 spiro atoms. The molecule has 0 bridgehead atoms. The molecule has 1 rings (SSSR count). The van der Waals surface area contributed by atoms with Crippen molar-refractivity contribution < 1.29 is 13.2 Å². The number of nitrogens with two attached hydrogens (primary N) is 1. The van der Waals surface area contributed by atoms with Crippen LogP contribution >= 0.6 is 0 Å². The molecule has 4 nitrogen and oxygen atoms in total. The van der Waals surface area contributed by atoms with Crippen LogP contribution in [0.3, 0.4) is 0 Å². The summed E-state index contributed by atoms with van der Waals surface area (Å²) in [7, 11) is 0. The number of alkyl halides is 3. The fourth-order valence-electron chi connectivity index (χ4n) is 1.34. The summed E-state index contributed by atoms with van der Waals surface area (Å²) in [6, 6.07) is 5.04. The first-order chi connectivity index (χ1) is 8.47. The Morgan fingerprint density at radius 2 is 2.11 bits per heavy atom. The third-order valence-electron chi connectivity index (χ3n) is 2.15. The zero-order chi connectivity index (χ0) is 13.6. The molecule has 100 valence electrons. The Morgan fingerprint density at radius 1 is 1.39 bits per heavy atom. The van der Waals surface area contributed by atoms with Gasteiger partial charge in [-0.1, -0.05) is 12.1 Å². The number of guanidine groups is 1. The van der Waals surface area contributed by atoms with E-state index in [2.05, 4.69) is 15.7 Å². The smallest absolute Gasteiger partial charge is 0.356 e. The van der Waals surface area contributed by atoms with Gasteiger partial charge >= 0.3 is 6.18 Å². The van der Waals surface area contributed by atoms with Crippen molar-refractivity contribution in [3.05, 3.63) is 35.4 Å². The summed E-state index contributed by atoms with van der Waals surface area (Å²) in [6.07, 6.45) is -4.34. The molecule has 0 aliphatic heterocycles. The van der Waals surface area contributed by atoms with Crippen LogP contribution in [0.4, 0.5) is 13.2 Å². The zero-order valence-electron chi connectivity index (χ0n) is 9.88. The second-order valence-electron chi connectivity index (χ2n) is 3.54.